The van der Waals surface area contributed by atoms with E-state index in [9.17, 15) is 0 Å². The average molecular weight is 344 g/mol. The summed E-state index contributed by atoms with van der Waals surface area (Å²) in [4.78, 5) is 11.9. The monoisotopic (exact) mass is 344 g/mol. The molecule has 0 saturated heterocycles. The van der Waals surface area contributed by atoms with Crippen LogP contribution in [-0.2, 0) is 19.4 Å². The van der Waals surface area contributed by atoms with Crippen LogP contribution in [0.5, 0.6) is 0 Å². The first-order valence-corrected chi connectivity index (χ1v) is 9.44. The molecule has 4 heterocycles. The highest BCUT2D eigenvalue weighted by Crippen LogP contribution is 2.35. The Morgan fingerprint density at radius 2 is 2.00 bits per heavy atom. The summed E-state index contributed by atoms with van der Waals surface area (Å²) < 4.78 is 2.36. The van der Waals surface area contributed by atoms with Crippen LogP contribution < -0.4 is 0 Å². The van der Waals surface area contributed by atoms with E-state index in [1.807, 2.05) is 6.20 Å². The number of aromatic nitrogens is 3. The van der Waals surface area contributed by atoms with Gasteiger partial charge in [-0.3, -0.25) is 4.98 Å². The van der Waals surface area contributed by atoms with Gasteiger partial charge >= 0.3 is 0 Å². The van der Waals surface area contributed by atoms with E-state index in [0.717, 1.165) is 43.7 Å². The number of fused-ring (bicyclic) bond motifs is 4. The molecule has 0 bridgehead atoms. The Kier molecular flexibility index (Phi) is 3.50. The second kappa shape index (κ2) is 5.78. The van der Waals surface area contributed by atoms with Crippen LogP contribution >= 0.6 is 0 Å². The summed E-state index contributed by atoms with van der Waals surface area (Å²) in [7, 11) is 2.20. The van der Waals surface area contributed by atoms with E-state index in [1.54, 1.807) is 0 Å². The van der Waals surface area contributed by atoms with Crippen molar-refractivity contribution in [3.05, 3.63) is 58.2 Å². The summed E-state index contributed by atoms with van der Waals surface area (Å²) in [5.74, 6) is 0. The van der Waals surface area contributed by atoms with Crippen LogP contribution in [-0.4, -0.2) is 33.0 Å². The minimum Gasteiger partial charge on any atom is -0.304 e. The molecule has 4 heteroatoms. The van der Waals surface area contributed by atoms with Gasteiger partial charge in [0, 0.05) is 59.9 Å². The van der Waals surface area contributed by atoms with E-state index in [4.69, 9.17) is 9.97 Å². The third-order valence-electron chi connectivity index (χ3n) is 5.73. The number of hydrogen-bond acceptors (Lipinski definition) is 3. The van der Waals surface area contributed by atoms with Gasteiger partial charge < -0.3 is 9.47 Å². The summed E-state index contributed by atoms with van der Waals surface area (Å²) in [6.07, 6.45) is 7.49. The molecule has 0 saturated carbocycles. The zero-order valence-electron chi connectivity index (χ0n) is 15.7. The molecule has 1 aliphatic carbocycles. The molecule has 3 aromatic rings. The number of hydrogen-bond donors (Lipinski definition) is 0. The van der Waals surface area contributed by atoms with E-state index in [0.29, 0.717) is 0 Å². The molecule has 5 rings (SSSR count). The van der Waals surface area contributed by atoms with Crippen molar-refractivity contribution in [2.24, 2.45) is 0 Å². The van der Waals surface area contributed by atoms with Gasteiger partial charge in [-0.2, -0.15) is 0 Å². The van der Waals surface area contributed by atoms with Gasteiger partial charge in [-0.15, -0.1) is 0 Å². The highest BCUT2D eigenvalue weighted by molar-refractivity contribution is 5.89. The van der Waals surface area contributed by atoms with Crippen LogP contribution in [0.15, 0.2) is 24.4 Å². The topological polar surface area (TPSA) is 34.0 Å². The van der Waals surface area contributed by atoms with Crippen molar-refractivity contribution in [3.63, 3.8) is 0 Å². The first-order valence-electron chi connectivity index (χ1n) is 9.44. The Morgan fingerprint density at radius 1 is 1.12 bits per heavy atom. The van der Waals surface area contributed by atoms with Crippen LogP contribution in [0.2, 0.25) is 0 Å². The van der Waals surface area contributed by atoms with Crippen molar-refractivity contribution in [1.29, 1.82) is 0 Å². The second-order valence-electron chi connectivity index (χ2n) is 7.77. The molecule has 132 valence electrons. The van der Waals surface area contributed by atoms with E-state index >= 15 is 0 Å². The molecule has 0 fully saturated rings. The molecule has 4 nitrogen and oxygen atoms in total. The molecule has 3 aromatic heterocycles. The van der Waals surface area contributed by atoms with Crippen LogP contribution in [0, 0.1) is 13.8 Å². The summed E-state index contributed by atoms with van der Waals surface area (Å²) in [5.41, 5.74) is 10.2. The summed E-state index contributed by atoms with van der Waals surface area (Å²) in [5, 5.41) is 1.31. The molecule has 0 N–H and O–H groups in total. The third kappa shape index (κ3) is 2.40. The standard InChI is InChI=1S/C22H24N4/c1-14-10-18-19-13-25(3)9-8-21(19)26(22(18)23-11-14)12-16-5-7-20-17(16)6-4-15(2)24-20/h4,6,10-12H,5,7-9,13H2,1-3H3. The number of rotatable bonds is 1. The van der Waals surface area contributed by atoms with Gasteiger partial charge in [0.25, 0.3) is 0 Å². The molecule has 0 radical (unpaired) electrons. The summed E-state index contributed by atoms with van der Waals surface area (Å²) in [6.45, 7) is 6.30. The summed E-state index contributed by atoms with van der Waals surface area (Å²) >= 11 is 0. The Morgan fingerprint density at radius 3 is 2.88 bits per heavy atom. The molecule has 0 amide bonds. The molecule has 0 unspecified atom stereocenters. The molecular formula is C22H24N4. The first kappa shape index (κ1) is 15.8. The number of allylic oxidation sites excluding steroid dienone is 1. The molecular weight excluding hydrogens is 320 g/mol. The van der Waals surface area contributed by atoms with Gasteiger partial charge in [-0.05, 0) is 62.6 Å². The van der Waals surface area contributed by atoms with Crippen LogP contribution in [0.25, 0.3) is 22.8 Å². The largest absolute Gasteiger partial charge is 0.304 e. The minimum absolute atomic E-state index is 1.00. The van der Waals surface area contributed by atoms with Crippen LogP contribution in [0.1, 0.15) is 40.2 Å². The molecule has 0 spiro atoms. The van der Waals surface area contributed by atoms with E-state index in [-0.39, 0.29) is 0 Å². The Bertz CT molecular complexity index is 1060. The first-order chi connectivity index (χ1) is 12.6. The highest BCUT2D eigenvalue weighted by atomic mass is 15.1. The van der Waals surface area contributed by atoms with Gasteiger partial charge in [0.15, 0.2) is 0 Å². The molecule has 0 atom stereocenters. The molecule has 2 aliphatic rings. The Hall–Kier alpha value is -2.46. The predicted octanol–water partition coefficient (Wildman–Crippen LogP) is 3.98. The summed E-state index contributed by atoms with van der Waals surface area (Å²) in [6, 6.07) is 6.65. The van der Waals surface area contributed by atoms with E-state index in [1.165, 1.54) is 39.0 Å². The smallest absolute Gasteiger partial charge is 0.144 e. The lowest BCUT2D eigenvalue weighted by molar-refractivity contribution is 0.312. The maximum Gasteiger partial charge on any atom is 0.144 e. The third-order valence-corrected chi connectivity index (χ3v) is 5.73. The van der Waals surface area contributed by atoms with Gasteiger partial charge in [-0.25, -0.2) is 4.98 Å². The fraction of sp³-hybridized carbons (Fsp3) is 0.364. The lowest BCUT2D eigenvalue weighted by Gasteiger charge is -2.23. The van der Waals surface area contributed by atoms with Crippen LogP contribution in [0.3, 0.4) is 0 Å². The van der Waals surface area contributed by atoms with Crippen molar-refractivity contribution in [3.8, 4) is 0 Å². The maximum atomic E-state index is 4.81. The zero-order chi connectivity index (χ0) is 17.8. The number of nitrogens with zero attached hydrogens (tertiary/aromatic N) is 4. The number of likely N-dealkylation sites (N-methyl/N-ethyl adjacent to an activating group) is 1. The lowest BCUT2D eigenvalue weighted by atomic mass is 10.1. The van der Waals surface area contributed by atoms with Crippen molar-refractivity contribution in [2.75, 3.05) is 13.6 Å². The zero-order valence-corrected chi connectivity index (χ0v) is 15.7. The lowest BCUT2D eigenvalue weighted by Crippen LogP contribution is -2.26. The van der Waals surface area contributed by atoms with Crippen molar-refractivity contribution in [1.82, 2.24) is 19.4 Å². The van der Waals surface area contributed by atoms with Crippen molar-refractivity contribution in [2.45, 2.75) is 39.7 Å². The Labute approximate surface area is 154 Å². The van der Waals surface area contributed by atoms with Gasteiger partial charge in [0.2, 0.25) is 0 Å². The molecule has 1 aliphatic heterocycles. The van der Waals surface area contributed by atoms with Crippen molar-refractivity contribution >= 4 is 22.8 Å². The minimum atomic E-state index is 1.00. The van der Waals surface area contributed by atoms with Crippen molar-refractivity contribution < 1.29 is 0 Å². The number of pyridine rings is 2. The average Bonchev–Trinajstić information content (AvgIpc) is 3.14. The fourth-order valence-electron chi connectivity index (χ4n) is 4.41. The van der Waals surface area contributed by atoms with E-state index in [2.05, 4.69) is 54.8 Å². The molecule has 0 aromatic carbocycles. The van der Waals surface area contributed by atoms with E-state index < -0.39 is 0 Å². The normalized spacial score (nSPS) is 18.5. The molecule has 26 heavy (non-hydrogen) atoms. The predicted molar refractivity (Wildman–Crippen MR) is 106 cm³/mol. The fourth-order valence-corrected chi connectivity index (χ4v) is 4.41. The van der Waals surface area contributed by atoms with Gasteiger partial charge in [-0.1, -0.05) is 6.07 Å². The van der Waals surface area contributed by atoms with Crippen LogP contribution in [0.4, 0.5) is 0 Å². The highest BCUT2D eigenvalue weighted by Gasteiger charge is 2.24. The maximum absolute atomic E-state index is 4.81. The second-order valence-corrected chi connectivity index (χ2v) is 7.77. The van der Waals surface area contributed by atoms with Gasteiger partial charge in [0.05, 0.1) is 0 Å². The quantitative estimate of drug-likeness (QED) is 0.669. The Balaban J connectivity index is 1.71. The SMILES string of the molecule is Cc1cnc2c(c1)c1c(n2C=C2CCc3nc(C)ccc32)CCN(C)C1. The van der Waals surface area contributed by atoms with Gasteiger partial charge in [0.1, 0.15) is 5.65 Å². The number of aryl methyl sites for hydroxylation is 3.